The van der Waals surface area contributed by atoms with Crippen LogP contribution in [-0.4, -0.2) is 44.8 Å². The first-order chi connectivity index (χ1) is 7.53. The first-order valence-electron chi connectivity index (χ1n) is 5.31. The number of carbonyl (C=O) groups is 1. The Morgan fingerprint density at radius 3 is 2.69 bits per heavy atom. The highest BCUT2D eigenvalue weighted by atomic mass is 16.3. The summed E-state index contributed by atoms with van der Waals surface area (Å²) < 4.78 is 0. The van der Waals surface area contributed by atoms with Gasteiger partial charge < -0.3 is 10.0 Å². The summed E-state index contributed by atoms with van der Waals surface area (Å²) in [6, 6.07) is 1.63. The molecule has 1 aromatic heterocycles. The van der Waals surface area contributed by atoms with Crippen LogP contribution in [0, 0.1) is 5.92 Å². The van der Waals surface area contributed by atoms with Gasteiger partial charge in [-0.25, -0.2) is 0 Å². The Kier molecular flexibility index (Phi) is 2.63. The van der Waals surface area contributed by atoms with Crippen molar-refractivity contribution in [3.05, 3.63) is 24.0 Å². The molecule has 1 amide bonds. The SMILES string of the molecule is CC(C)C1(O)CN(C(=O)c2ccnnc2)C1. The minimum absolute atomic E-state index is 0.0970. The minimum atomic E-state index is -0.726. The van der Waals surface area contributed by atoms with Crippen molar-refractivity contribution in [1.82, 2.24) is 15.1 Å². The smallest absolute Gasteiger partial charge is 0.255 e. The quantitative estimate of drug-likeness (QED) is 0.781. The molecule has 1 saturated heterocycles. The van der Waals surface area contributed by atoms with Crippen molar-refractivity contribution in [2.45, 2.75) is 19.4 Å². The molecule has 1 aromatic rings. The molecule has 16 heavy (non-hydrogen) atoms. The van der Waals surface area contributed by atoms with Crippen LogP contribution < -0.4 is 0 Å². The van der Waals surface area contributed by atoms with Crippen molar-refractivity contribution in [3.8, 4) is 0 Å². The summed E-state index contributed by atoms with van der Waals surface area (Å²) in [6.45, 7) is 4.70. The second-order valence-electron chi connectivity index (χ2n) is 4.55. The molecule has 1 N–H and O–H groups in total. The summed E-state index contributed by atoms with van der Waals surface area (Å²) >= 11 is 0. The van der Waals surface area contributed by atoms with Crippen LogP contribution in [0.5, 0.6) is 0 Å². The van der Waals surface area contributed by atoms with Gasteiger partial charge in [0.1, 0.15) is 5.60 Å². The third-order valence-electron chi connectivity index (χ3n) is 3.12. The molecule has 1 fully saturated rings. The second-order valence-corrected chi connectivity index (χ2v) is 4.55. The van der Waals surface area contributed by atoms with Crippen LogP contribution >= 0.6 is 0 Å². The van der Waals surface area contributed by atoms with Crippen LogP contribution in [0.25, 0.3) is 0 Å². The number of likely N-dealkylation sites (tertiary alicyclic amines) is 1. The van der Waals surface area contributed by atoms with Gasteiger partial charge in [-0.1, -0.05) is 13.8 Å². The third kappa shape index (κ3) is 1.78. The summed E-state index contributed by atoms with van der Waals surface area (Å²) in [4.78, 5) is 13.5. The molecule has 2 heterocycles. The highest BCUT2D eigenvalue weighted by molar-refractivity contribution is 5.94. The van der Waals surface area contributed by atoms with Crippen molar-refractivity contribution in [3.63, 3.8) is 0 Å². The van der Waals surface area contributed by atoms with Gasteiger partial charge >= 0.3 is 0 Å². The topological polar surface area (TPSA) is 66.3 Å². The summed E-state index contributed by atoms with van der Waals surface area (Å²) in [7, 11) is 0. The molecule has 0 bridgehead atoms. The van der Waals surface area contributed by atoms with Crippen LogP contribution in [0.3, 0.4) is 0 Å². The summed E-state index contributed by atoms with van der Waals surface area (Å²) in [5, 5.41) is 17.3. The number of amides is 1. The molecule has 2 rings (SSSR count). The molecule has 0 aromatic carbocycles. The van der Waals surface area contributed by atoms with E-state index in [4.69, 9.17) is 0 Å². The van der Waals surface area contributed by atoms with Gasteiger partial charge in [0.05, 0.1) is 31.0 Å². The lowest BCUT2D eigenvalue weighted by molar-refractivity contribution is -0.110. The number of hydrogen-bond acceptors (Lipinski definition) is 4. The Morgan fingerprint density at radius 2 is 2.19 bits per heavy atom. The molecule has 5 nitrogen and oxygen atoms in total. The Hall–Kier alpha value is -1.49. The molecule has 0 unspecified atom stereocenters. The monoisotopic (exact) mass is 221 g/mol. The van der Waals surface area contributed by atoms with E-state index in [-0.39, 0.29) is 11.8 Å². The number of aromatic nitrogens is 2. The van der Waals surface area contributed by atoms with E-state index >= 15 is 0 Å². The lowest BCUT2D eigenvalue weighted by Gasteiger charge is -2.48. The van der Waals surface area contributed by atoms with Crippen LogP contribution in [0.15, 0.2) is 18.5 Å². The van der Waals surface area contributed by atoms with E-state index in [0.29, 0.717) is 18.7 Å². The highest BCUT2D eigenvalue weighted by Crippen LogP contribution is 2.29. The number of rotatable bonds is 2. The van der Waals surface area contributed by atoms with Gasteiger partial charge in [0.2, 0.25) is 0 Å². The van der Waals surface area contributed by atoms with Gasteiger partial charge in [-0.05, 0) is 12.0 Å². The Morgan fingerprint density at radius 1 is 1.50 bits per heavy atom. The number of β-amino-alcohol motifs (C(OH)–C–C–N with tert-alkyl or cyclic N) is 1. The third-order valence-corrected chi connectivity index (χ3v) is 3.12. The zero-order valence-electron chi connectivity index (χ0n) is 9.42. The lowest BCUT2D eigenvalue weighted by Crippen LogP contribution is -2.65. The molecule has 86 valence electrons. The lowest BCUT2D eigenvalue weighted by atomic mass is 9.83. The molecule has 0 atom stereocenters. The van der Waals surface area contributed by atoms with Crippen LogP contribution in [0.1, 0.15) is 24.2 Å². The molecule has 0 aliphatic carbocycles. The summed E-state index contributed by atoms with van der Waals surface area (Å²) in [5.41, 5.74) is -0.211. The normalized spacial score (nSPS) is 18.4. The Balaban J connectivity index is 2.01. The van der Waals surface area contributed by atoms with E-state index in [1.165, 1.54) is 12.4 Å². The van der Waals surface area contributed by atoms with Crippen LogP contribution in [0.4, 0.5) is 0 Å². The maximum atomic E-state index is 11.9. The van der Waals surface area contributed by atoms with Gasteiger partial charge in [-0.15, -0.1) is 0 Å². The van der Waals surface area contributed by atoms with Crippen molar-refractivity contribution >= 4 is 5.91 Å². The Labute approximate surface area is 94.1 Å². The summed E-state index contributed by atoms with van der Waals surface area (Å²) in [5.74, 6) is 0.0624. The van der Waals surface area contributed by atoms with E-state index in [2.05, 4.69) is 10.2 Å². The molecular formula is C11H15N3O2. The average Bonchev–Trinajstić information content (AvgIpc) is 2.25. The number of nitrogens with zero attached hydrogens (tertiary/aromatic N) is 3. The highest BCUT2D eigenvalue weighted by Gasteiger charge is 2.45. The maximum absolute atomic E-state index is 11.9. The first-order valence-corrected chi connectivity index (χ1v) is 5.31. The minimum Gasteiger partial charge on any atom is -0.386 e. The summed E-state index contributed by atoms with van der Waals surface area (Å²) in [6.07, 6.45) is 2.93. The van der Waals surface area contributed by atoms with Crippen molar-refractivity contribution < 1.29 is 9.90 Å². The van der Waals surface area contributed by atoms with E-state index in [1.54, 1.807) is 11.0 Å². The van der Waals surface area contributed by atoms with Crippen molar-refractivity contribution in [1.29, 1.82) is 0 Å². The predicted octanol–water partition coefficient (Wildman–Crippen LogP) is 0.320. The molecule has 1 aliphatic heterocycles. The fraction of sp³-hybridized carbons (Fsp3) is 0.545. The first kappa shape index (κ1) is 11.0. The van der Waals surface area contributed by atoms with Gasteiger partial charge in [-0.2, -0.15) is 10.2 Å². The molecule has 0 radical (unpaired) electrons. The Bertz CT molecular complexity index is 385. The van der Waals surface area contributed by atoms with Crippen molar-refractivity contribution in [2.75, 3.05) is 13.1 Å². The molecule has 1 aliphatic rings. The van der Waals surface area contributed by atoms with Gasteiger partial charge in [0.25, 0.3) is 5.91 Å². The van der Waals surface area contributed by atoms with Crippen LogP contribution in [-0.2, 0) is 0 Å². The van der Waals surface area contributed by atoms with E-state index in [1.807, 2.05) is 13.8 Å². The zero-order chi connectivity index (χ0) is 11.8. The largest absolute Gasteiger partial charge is 0.386 e. The van der Waals surface area contributed by atoms with E-state index < -0.39 is 5.60 Å². The van der Waals surface area contributed by atoms with E-state index in [0.717, 1.165) is 0 Å². The average molecular weight is 221 g/mol. The van der Waals surface area contributed by atoms with Crippen LogP contribution in [0.2, 0.25) is 0 Å². The van der Waals surface area contributed by atoms with Crippen molar-refractivity contribution in [2.24, 2.45) is 5.92 Å². The molecule has 0 spiro atoms. The number of hydrogen-bond donors (Lipinski definition) is 1. The maximum Gasteiger partial charge on any atom is 0.255 e. The van der Waals surface area contributed by atoms with Gasteiger partial charge in [0, 0.05) is 0 Å². The molecule has 0 saturated carbocycles. The zero-order valence-corrected chi connectivity index (χ0v) is 9.42. The fourth-order valence-electron chi connectivity index (χ4n) is 1.72. The fourth-order valence-corrected chi connectivity index (χ4v) is 1.72. The second kappa shape index (κ2) is 3.83. The number of carbonyl (C=O) groups excluding carboxylic acids is 1. The standard InChI is InChI=1S/C11H15N3O2/c1-8(2)11(16)6-14(7-11)10(15)9-3-4-12-13-5-9/h3-5,8,16H,6-7H2,1-2H3. The van der Waals surface area contributed by atoms with Gasteiger partial charge in [-0.3, -0.25) is 4.79 Å². The molecule has 5 heteroatoms. The van der Waals surface area contributed by atoms with Gasteiger partial charge in [0.15, 0.2) is 0 Å². The predicted molar refractivity (Wildman–Crippen MR) is 57.7 cm³/mol. The number of aliphatic hydroxyl groups is 1. The van der Waals surface area contributed by atoms with E-state index in [9.17, 15) is 9.90 Å². The molecular weight excluding hydrogens is 206 g/mol.